The zero-order valence-corrected chi connectivity index (χ0v) is 17.6. The Labute approximate surface area is 174 Å². The molecule has 0 amide bonds. The van der Waals surface area contributed by atoms with E-state index in [2.05, 4.69) is 36.0 Å². The first-order valence-electron chi connectivity index (χ1n) is 9.69. The van der Waals surface area contributed by atoms with E-state index in [0.717, 1.165) is 17.2 Å². The van der Waals surface area contributed by atoms with Gasteiger partial charge in [-0.15, -0.1) is 5.10 Å². The Balaban J connectivity index is 1.81. The molecule has 1 fully saturated rings. The van der Waals surface area contributed by atoms with Crippen molar-refractivity contribution in [2.45, 2.75) is 38.8 Å². The first-order chi connectivity index (χ1) is 13.9. The van der Waals surface area contributed by atoms with Crippen molar-refractivity contribution in [2.75, 3.05) is 31.2 Å². The summed E-state index contributed by atoms with van der Waals surface area (Å²) >= 11 is 6.34. The van der Waals surface area contributed by atoms with Gasteiger partial charge in [0.15, 0.2) is 17.0 Å². The normalized spacial score (nSPS) is 17.8. The van der Waals surface area contributed by atoms with E-state index < -0.39 is 0 Å². The first kappa shape index (κ1) is 20.0. The average molecular weight is 417 g/mol. The zero-order valence-electron chi connectivity index (χ0n) is 16.8. The van der Waals surface area contributed by atoms with Gasteiger partial charge in [-0.25, -0.2) is 14.6 Å². The van der Waals surface area contributed by atoms with Gasteiger partial charge < -0.3 is 14.7 Å². The molecule has 1 aromatic carbocycles. The third kappa shape index (κ3) is 4.05. The smallest absolute Gasteiger partial charge is 0.184 e. The fraction of sp³-hybridized carbons (Fsp3) is 0.500. The molecule has 0 radical (unpaired) electrons. The van der Waals surface area contributed by atoms with Crippen molar-refractivity contribution in [1.29, 1.82) is 0 Å². The van der Waals surface area contributed by atoms with Crippen molar-refractivity contribution in [2.24, 2.45) is 0 Å². The maximum Gasteiger partial charge on any atom is 0.184 e. The fourth-order valence-electron chi connectivity index (χ4n) is 3.31. The second kappa shape index (κ2) is 7.85. The van der Waals surface area contributed by atoms with Crippen molar-refractivity contribution >= 4 is 28.6 Å². The van der Waals surface area contributed by atoms with Gasteiger partial charge in [0, 0.05) is 23.5 Å². The highest BCUT2D eigenvalue weighted by atomic mass is 35.5. The molecule has 1 atom stereocenters. The number of rotatable bonds is 4. The van der Waals surface area contributed by atoms with Crippen LogP contribution in [0, 0.1) is 0 Å². The van der Waals surface area contributed by atoms with Gasteiger partial charge in [0.2, 0.25) is 0 Å². The lowest BCUT2D eigenvalue weighted by Gasteiger charge is -2.33. The second-order valence-electron chi connectivity index (χ2n) is 8.25. The Hall–Kier alpha value is -2.29. The van der Waals surface area contributed by atoms with E-state index in [0.29, 0.717) is 42.4 Å². The van der Waals surface area contributed by atoms with Crippen molar-refractivity contribution in [3.63, 3.8) is 0 Å². The number of hydrogen-bond acceptors (Lipinski definition) is 7. The van der Waals surface area contributed by atoms with Gasteiger partial charge in [0.1, 0.15) is 5.82 Å². The van der Waals surface area contributed by atoms with Gasteiger partial charge in [-0.2, -0.15) is 0 Å². The molecule has 3 aromatic rings. The van der Waals surface area contributed by atoms with Crippen LogP contribution in [0.2, 0.25) is 5.02 Å². The summed E-state index contributed by atoms with van der Waals surface area (Å²) in [6, 6.07) is 7.68. The number of morpholine rings is 1. The highest BCUT2D eigenvalue weighted by Crippen LogP contribution is 2.29. The van der Waals surface area contributed by atoms with E-state index in [-0.39, 0.29) is 18.1 Å². The van der Waals surface area contributed by atoms with Crippen LogP contribution < -0.4 is 4.90 Å². The molecule has 0 saturated carbocycles. The number of halogens is 1. The van der Waals surface area contributed by atoms with E-state index in [1.54, 1.807) is 4.68 Å². The third-order valence-corrected chi connectivity index (χ3v) is 5.30. The molecule has 4 rings (SSSR count). The predicted octanol–water partition coefficient (Wildman–Crippen LogP) is 2.42. The number of nitrogens with zero attached hydrogens (tertiary/aromatic N) is 6. The Morgan fingerprint density at radius 1 is 1.24 bits per heavy atom. The molecule has 0 spiro atoms. The summed E-state index contributed by atoms with van der Waals surface area (Å²) in [5, 5.41) is 18.9. The van der Waals surface area contributed by atoms with Crippen LogP contribution in [0.5, 0.6) is 0 Å². The molecule has 1 saturated heterocycles. The largest absolute Gasteiger partial charge is 0.394 e. The highest BCUT2D eigenvalue weighted by Gasteiger charge is 2.28. The van der Waals surface area contributed by atoms with Crippen molar-refractivity contribution in [1.82, 2.24) is 25.0 Å². The van der Waals surface area contributed by atoms with Crippen molar-refractivity contribution in [3.05, 3.63) is 40.7 Å². The summed E-state index contributed by atoms with van der Waals surface area (Å²) in [5.41, 5.74) is 2.02. The molecule has 29 heavy (non-hydrogen) atoms. The third-order valence-electron chi connectivity index (χ3n) is 4.94. The van der Waals surface area contributed by atoms with E-state index in [1.807, 2.05) is 24.3 Å². The summed E-state index contributed by atoms with van der Waals surface area (Å²) in [6.07, 6.45) is -0.245. The SMILES string of the molecule is CC(C)(C)c1nc(N2CCOC(CO)C2)c2nnn(Cc3ccccc3Cl)c2n1. The lowest BCUT2D eigenvalue weighted by Crippen LogP contribution is -2.44. The minimum Gasteiger partial charge on any atom is -0.394 e. The molecule has 8 nitrogen and oxygen atoms in total. The number of hydrogen-bond donors (Lipinski definition) is 1. The summed E-state index contributed by atoms with van der Waals surface area (Å²) in [7, 11) is 0. The van der Waals surface area contributed by atoms with Crippen LogP contribution in [0.25, 0.3) is 11.2 Å². The Morgan fingerprint density at radius 3 is 2.76 bits per heavy atom. The molecule has 0 aliphatic carbocycles. The minimum absolute atomic E-state index is 0.0317. The number of anilines is 1. The minimum atomic E-state index is -0.245. The highest BCUT2D eigenvalue weighted by molar-refractivity contribution is 6.31. The van der Waals surface area contributed by atoms with Gasteiger partial charge >= 0.3 is 0 Å². The van der Waals surface area contributed by atoms with Gasteiger partial charge in [-0.1, -0.05) is 55.8 Å². The van der Waals surface area contributed by atoms with Crippen LogP contribution in [-0.4, -0.2) is 62.5 Å². The number of ether oxygens (including phenoxy) is 1. The molecule has 1 unspecified atom stereocenters. The van der Waals surface area contributed by atoms with E-state index in [1.165, 1.54) is 0 Å². The number of benzene rings is 1. The number of aromatic nitrogens is 5. The molecule has 0 bridgehead atoms. The monoisotopic (exact) mass is 416 g/mol. The molecular formula is C20H25ClN6O2. The van der Waals surface area contributed by atoms with Gasteiger partial charge in [-0.05, 0) is 11.6 Å². The molecular weight excluding hydrogens is 392 g/mol. The molecule has 154 valence electrons. The van der Waals surface area contributed by atoms with Gasteiger partial charge in [0.25, 0.3) is 0 Å². The van der Waals surface area contributed by atoms with Crippen LogP contribution in [0.15, 0.2) is 24.3 Å². The maximum absolute atomic E-state index is 9.52. The summed E-state index contributed by atoms with van der Waals surface area (Å²) < 4.78 is 7.36. The first-order valence-corrected chi connectivity index (χ1v) is 10.1. The lowest BCUT2D eigenvalue weighted by atomic mass is 9.95. The molecule has 1 aliphatic heterocycles. The molecule has 9 heteroatoms. The quantitative estimate of drug-likeness (QED) is 0.698. The molecule has 2 aromatic heterocycles. The van der Waals surface area contributed by atoms with E-state index in [4.69, 9.17) is 26.3 Å². The van der Waals surface area contributed by atoms with Crippen LogP contribution in [0.4, 0.5) is 5.82 Å². The Morgan fingerprint density at radius 2 is 2.03 bits per heavy atom. The standard InChI is InChI=1S/C20H25ClN6O2/c1-20(2,3)19-22-17(26-8-9-29-14(11-26)12-28)16-18(23-19)27(25-24-16)10-13-6-4-5-7-15(13)21/h4-7,14,28H,8-12H2,1-3H3. The van der Waals surface area contributed by atoms with Gasteiger partial charge in [-0.3, -0.25) is 0 Å². The number of aliphatic hydroxyl groups is 1. The second-order valence-corrected chi connectivity index (χ2v) is 8.66. The summed E-state index contributed by atoms with van der Waals surface area (Å²) in [5.74, 6) is 1.45. The Kier molecular flexibility index (Phi) is 5.42. The van der Waals surface area contributed by atoms with Crippen LogP contribution in [0.3, 0.4) is 0 Å². The fourth-order valence-corrected chi connectivity index (χ4v) is 3.51. The van der Waals surface area contributed by atoms with Crippen LogP contribution in [-0.2, 0) is 16.7 Å². The van der Waals surface area contributed by atoms with Crippen molar-refractivity contribution < 1.29 is 9.84 Å². The average Bonchev–Trinajstić information content (AvgIpc) is 3.11. The van der Waals surface area contributed by atoms with Gasteiger partial charge in [0.05, 0.1) is 25.9 Å². The molecule has 3 heterocycles. The van der Waals surface area contributed by atoms with Crippen LogP contribution in [0.1, 0.15) is 32.2 Å². The van der Waals surface area contributed by atoms with E-state index in [9.17, 15) is 5.11 Å². The number of aliphatic hydroxyl groups excluding tert-OH is 1. The predicted molar refractivity (Wildman–Crippen MR) is 111 cm³/mol. The Bertz CT molecular complexity index is 1020. The molecule has 1 aliphatic rings. The maximum atomic E-state index is 9.52. The zero-order chi connectivity index (χ0) is 20.6. The number of fused-ring (bicyclic) bond motifs is 1. The van der Waals surface area contributed by atoms with Crippen molar-refractivity contribution in [3.8, 4) is 0 Å². The topological polar surface area (TPSA) is 89.2 Å². The van der Waals surface area contributed by atoms with Crippen LogP contribution >= 0.6 is 11.6 Å². The lowest BCUT2D eigenvalue weighted by molar-refractivity contribution is 0.00341. The molecule has 1 N–H and O–H groups in total. The summed E-state index contributed by atoms with van der Waals surface area (Å²) in [4.78, 5) is 11.7. The summed E-state index contributed by atoms with van der Waals surface area (Å²) in [6.45, 7) is 8.42. The van der Waals surface area contributed by atoms with E-state index >= 15 is 0 Å².